The number of anilines is 3. The van der Waals surface area contributed by atoms with Crippen molar-refractivity contribution in [3.05, 3.63) is 114 Å². The van der Waals surface area contributed by atoms with Crippen LogP contribution in [0.25, 0.3) is 21.2 Å². The molecule has 5 aromatic rings. The predicted octanol–water partition coefficient (Wildman–Crippen LogP) is 8.99. The summed E-state index contributed by atoms with van der Waals surface area (Å²) >= 11 is 1.78. The third kappa shape index (κ3) is 3.99. The Balaban J connectivity index is 1.64. The fourth-order valence-corrected chi connectivity index (χ4v) is 4.88. The van der Waals surface area contributed by atoms with Crippen molar-refractivity contribution in [2.75, 3.05) is 4.90 Å². The SMILES string of the molecule is CCCc1ccc(N(c2ccc(-c3cccs3)cc2)c2cccc3ccccc23)cc1. The molecule has 0 aliphatic rings. The summed E-state index contributed by atoms with van der Waals surface area (Å²) in [5.41, 5.74) is 6.19. The van der Waals surface area contributed by atoms with E-state index in [0.29, 0.717) is 0 Å². The van der Waals surface area contributed by atoms with Crippen molar-refractivity contribution < 1.29 is 0 Å². The van der Waals surface area contributed by atoms with Crippen LogP contribution in [0.15, 0.2) is 109 Å². The molecule has 0 spiro atoms. The van der Waals surface area contributed by atoms with Crippen molar-refractivity contribution in [1.29, 1.82) is 0 Å². The van der Waals surface area contributed by atoms with Gasteiger partial charge in [0.2, 0.25) is 0 Å². The summed E-state index contributed by atoms with van der Waals surface area (Å²) in [6, 6.07) is 37.4. The van der Waals surface area contributed by atoms with Crippen molar-refractivity contribution >= 4 is 39.2 Å². The van der Waals surface area contributed by atoms with Crippen LogP contribution in [0.1, 0.15) is 18.9 Å². The zero-order valence-corrected chi connectivity index (χ0v) is 18.5. The van der Waals surface area contributed by atoms with Crippen LogP contribution in [-0.4, -0.2) is 0 Å². The Bertz CT molecular complexity index is 1260. The van der Waals surface area contributed by atoms with Gasteiger partial charge in [-0.05, 0) is 64.7 Å². The molecule has 31 heavy (non-hydrogen) atoms. The van der Waals surface area contributed by atoms with E-state index in [9.17, 15) is 0 Å². The molecule has 0 atom stereocenters. The second-order valence-corrected chi connectivity index (χ2v) is 8.72. The maximum atomic E-state index is 2.37. The van der Waals surface area contributed by atoms with Gasteiger partial charge in [0.1, 0.15) is 0 Å². The van der Waals surface area contributed by atoms with E-state index in [0.717, 1.165) is 12.8 Å². The second-order valence-electron chi connectivity index (χ2n) is 7.77. The molecular weight excluding hydrogens is 394 g/mol. The van der Waals surface area contributed by atoms with Crippen LogP contribution in [0.4, 0.5) is 17.1 Å². The maximum Gasteiger partial charge on any atom is 0.0540 e. The molecule has 4 aromatic carbocycles. The number of thiophene rings is 1. The largest absolute Gasteiger partial charge is 0.310 e. The molecule has 0 aliphatic carbocycles. The van der Waals surface area contributed by atoms with E-state index in [1.165, 1.54) is 43.8 Å². The third-order valence-electron chi connectivity index (χ3n) is 5.67. The molecule has 0 bridgehead atoms. The maximum absolute atomic E-state index is 2.37. The van der Waals surface area contributed by atoms with Crippen molar-refractivity contribution in [2.24, 2.45) is 0 Å². The topological polar surface area (TPSA) is 3.24 Å². The highest BCUT2D eigenvalue weighted by Gasteiger charge is 2.15. The van der Waals surface area contributed by atoms with E-state index in [-0.39, 0.29) is 0 Å². The first-order chi connectivity index (χ1) is 15.3. The number of benzene rings is 4. The molecule has 1 heterocycles. The van der Waals surface area contributed by atoms with Gasteiger partial charge in [0, 0.05) is 21.6 Å². The lowest BCUT2D eigenvalue weighted by Crippen LogP contribution is -2.10. The summed E-state index contributed by atoms with van der Waals surface area (Å²) in [5, 5.41) is 4.64. The lowest BCUT2D eigenvalue weighted by molar-refractivity contribution is 0.922. The third-order valence-corrected chi connectivity index (χ3v) is 6.59. The number of hydrogen-bond acceptors (Lipinski definition) is 2. The molecule has 0 saturated carbocycles. The molecule has 0 amide bonds. The standard InChI is InChI=1S/C29H25NS/c1-2-7-22-13-17-25(18-14-22)30(28-11-5-9-23-8-3-4-10-27(23)28)26-19-15-24(16-20-26)29-12-6-21-31-29/h3-6,8-21H,2,7H2,1H3. The van der Waals surface area contributed by atoms with Crippen molar-refractivity contribution in [3.63, 3.8) is 0 Å². The van der Waals surface area contributed by atoms with Gasteiger partial charge in [0.15, 0.2) is 0 Å². The van der Waals surface area contributed by atoms with E-state index < -0.39 is 0 Å². The first-order valence-electron chi connectivity index (χ1n) is 10.8. The molecule has 0 radical (unpaired) electrons. The first-order valence-corrected chi connectivity index (χ1v) is 11.7. The molecule has 0 N–H and O–H groups in total. The van der Waals surface area contributed by atoms with E-state index in [4.69, 9.17) is 0 Å². The molecule has 2 heteroatoms. The van der Waals surface area contributed by atoms with Crippen molar-refractivity contribution in [2.45, 2.75) is 19.8 Å². The minimum Gasteiger partial charge on any atom is -0.310 e. The van der Waals surface area contributed by atoms with Crippen LogP contribution in [0, 0.1) is 0 Å². The summed E-state index contributed by atoms with van der Waals surface area (Å²) in [6.45, 7) is 2.23. The molecule has 5 rings (SSSR count). The van der Waals surface area contributed by atoms with Crippen molar-refractivity contribution in [1.82, 2.24) is 0 Å². The average Bonchev–Trinajstić information content (AvgIpc) is 3.36. The monoisotopic (exact) mass is 419 g/mol. The van der Waals surface area contributed by atoms with Gasteiger partial charge in [0.25, 0.3) is 0 Å². The lowest BCUT2D eigenvalue weighted by Gasteiger charge is -2.27. The second kappa shape index (κ2) is 8.79. The summed E-state index contributed by atoms with van der Waals surface area (Å²) < 4.78 is 0. The van der Waals surface area contributed by atoms with Crippen LogP contribution in [-0.2, 0) is 6.42 Å². The Hall–Kier alpha value is -3.36. The Morgan fingerprint density at radius 3 is 2.10 bits per heavy atom. The number of hydrogen-bond donors (Lipinski definition) is 0. The summed E-state index contributed by atoms with van der Waals surface area (Å²) in [6.07, 6.45) is 2.28. The molecule has 1 aromatic heterocycles. The molecule has 0 unspecified atom stereocenters. The molecular formula is C29H25NS. The zero-order valence-electron chi connectivity index (χ0n) is 17.7. The number of aryl methyl sites for hydroxylation is 1. The molecule has 0 saturated heterocycles. The first kappa shape index (κ1) is 19.6. The van der Waals surface area contributed by atoms with Crippen molar-refractivity contribution in [3.8, 4) is 10.4 Å². The van der Waals surface area contributed by atoms with Crippen LogP contribution in [0.2, 0.25) is 0 Å². The number of rotatable bonds is 6. The molecule has 0 aliphatic heterocycles. The van der Waals surface area contributed by atoms with Crippen LogP contribution < -0.4 is 4.90 Å². The zero-order chi connectivity index (χ0) is 21.0. The molecule has 152 valence electrons. The summed E-state index contributed by atoms with van der Waals surface area (Å²) in [7, 11) is 0. The fourth-order valence-electron chi connectivity index (χ4n) is 4.15. The van der Waals surface area contributed by atoms with Gasteiger partial charge in [-0.1, -0.05) is 80.1 Å². The Labute approximate surface area is 188 Å². The fraction of sp³-hybridized carbons (Fsp3) is 0.103. The van der Waals surface area contributed by atoms with Gasteiger partial charge in [-0.2, -0.15) is 0 Å². The van der Waals surface area contributed by atoms with E-state index in [2.05, 4.69) is 120 Å². The smallest absolute Gasteiger partial charge is 0.0540 e. The molecule has 0 fully saturated rings. The highest BCUT2D eigenvalue weighted by molar-refractivity contribution is 7.13. The quantitative estimate of drug-likeness (QED) is 0.265. The summed E-state index contributed by atoms with van der Waals surface area (Å²) in [5.74, 6) is 0. The van der Waals surface area contributed by atoms with E-state index >= 15 is 0 Å². The van der Waals surface area contributed by atoms with Gasteiger partial charge >= 0.3 is 0 Å². The number of fused-ring (bicyclic) bond motifs is 1. The minimum atomic E-state index is 1.12. The van der Waals surface area contributed by atoms with Gasteiger partial charge in [-0.15, -0.1) is 11.3 Å². The van der Waals surface area contributed by atoms with E-state index in [1.54, 1.807) is 11.3 Å². The van der Waals surface area contributed by atoms with Crippen LogP contribution >= 0.6 is 11.3 Å². The van der Waals surface area contributed by atoms with Gasteiger partial charge in [0.05, 0.1) is 5.69 Å². The van der Waals surface area contributed by atoms with E-state index in [1.807, 2.05) is 0 Å². The highest BCUT2D eigenvalue weighted by atomic mass is 32.1. The summed E-state index contributed by atoms with van der Waals surface area (Å²) in [4.78, 5) is 3.67. The van der Waals surface area contributed by atoms with Gasteiger partial charge in [-0.25, -0.2) is 0 Å². The highest BCUT2D eigenvalue weighted by Crippen LogP contribution is 2.39. The minimum absolute atomic E-state index is 1.12. The predicted molar refractivity (Wildman–Crippen MR) is 136 cm³/mol. The Kier molecular flexibility index (Phi) is 5.56. The average molecular weight is 420 g/mol. The normalized spacial score (nSPS) is 11.0. The van der Waals surface area contributed by atoms with Gasteiger partial charge in [-0.3, -0.25) is 0 Å². The Morgan fingerprint density at radius 1 is 0.677 bits per heavy atom. The lowest BCUT2D eigenvalue weighted by atomic mass is 10.0. The van der Waals surface area contributed by atoms with Gasteiger partial charge < -0.3 is 4.90 Å². The Morgan fingerprint density at radius 2 is 1.39 bits per heavy atom. The van der Waals surface area contributed by atoms with Crippen LogP contribution in [0.5, 0.6) is 0 Å². The number of nitrogens with zero attached hydrogens (tertiary/aromatic N) is 1. The molecule has 1 nitrogen and oxygen atoms in total. The van der Waals surface area contributed by atoms with Crippen LogP contribution in [0.3, 0.4) is 0 Å².